The molecule has 1 atom stereocenters. The van der Waals surface area contributed by atoms with Crippen LogP contribution in [0.4, 0.5) is 4.79 Å². The van der Waals surface area contributed by atoms with Gasteiger partial charge in [0.05, 0.1) is 18.2 Å². The van der Waals surface area contributed by atoms with E-state index in [1.165, 1.54) is 10.5 Å². The van der Waals surface area contributed by atoms with Gasteiger partial charge in [-0.05, 0) is 43.0 Å². The van der Waals surface area contributed by atoms with Crippen molar-refractivity contribution in [1.29, 1.82) is 0 Å². The van der Waals surface area contributed by atoms with E-state index in [4.69, 9.17) is 4.74 Å². The second-order valence-electron chi connectivity index (χ2n) is 10.3. The van der Waals surface area contributed by atoms with Crippen LogP contribution in [0.2, 0.25) is 0 Å². The number of nitrogens with one attached hydrogen (secondary N) is 1. The first kappa shape index (κ1) is 27.4. The van der Waals surface area contributed by atoms with Gasteiger partial charge in [-0.3, -0.25) is 14.6 Å². The summed E-state index contributed by atoms with van der Waals surface area (Å²) in [5.74, 6) is -0.0288. The van der Waals surface area contributed by atoms with Crippen LogP contribution in [0.15, 0.2) is 59.8 Å². The topological polar surface area (TPSA) is 82.2 Å². The van der Waals surface area contributed by atoms with Gasteiger partial charge in [0.1, 0.15) is 0 Å². The summed E-state index contributed by atoms with van der Waals surface area (Å²) in [6.07, 6.45) is 0. The molecule has 38 heavy (non-hydrogen) atoms. The lowest BCUT2D eigenvalue weighted by Gasteiger charge is -2.39. The van der Waals surface area contributed by atoms with E-state index >= 15 is 0 Å². The predicted molar refractivity (Wildman–Crippen MR) is 147 cm³/mol. The number of rotatable bonds is 7. The number of ether oxygens (including phenoxy) is 1. The van der Waals surface area contributed by atoms with Crippen LogP contribution in [-0.2, 0) is 9.53 Å². The highest BCUT2D eigenvalue weighted by molar-refractivity contribution is 5.95. The lowest BCUT2D eigenvalue weighted by Crippen LogP contribution is -2.53. The Labute approximate surface area is 225 Å². The maximum Gasteiger partial charge on any atom is 0.338 e. The van der Waals surface area contributed by atoms with Crippen LogP contribution in [0.5, 0.6) is 0 Å². The fraction of sp³-hybridized carbons (Fsp3) is 0.433. The Kier molecular flexibility index (Phi) is 8.52. The quantitative estimate of drug-likeness (QED) is 0.559. The van der Waals surface area contributed by atoms with Gasteiger partial charge < -0.3 is 15.0 Å². The molecule has 0 bridgehead atoms. The average molecular weight is 519 g/mol. The van der Waals surface area contributed by atoms with E-state index in [0.717, 1.165) is 11.1 Å². The summed E-state index contributed by atoms with van der Waals surface area (Å²) in [6.45, 7) is 11.1. The summed E-state index contributed by atoms with van der Waals surface area (Å²) in [6, 6.07) is 14.8. The lowest BCUT2D eigenvalue weighted by molar-refractivity contribution is -0.139. The van der Waals surface area contributed by atoms with Crippen molar-refractivity contribution < 1.29 is 19.1 Å². The number of aryl methyl sites for hydroxylation is 1. The molecular formula is C30H38N4O4. The van der Waals surface area contributed by atoms with Crippen LogP contribution >= 0.6 is 0 Å². The molecule has 1 fully saturated rings. The van der Waals surface area contributed by atoms with Gasteiger partial charge in [-0.2, -0.15) is 0 Å². The summed E-state index contributed by atoms with van der Waals surface area (Å²) < 4.78 is 5.46. The highest BCUT2D eigenvalue weighted by Crippen LogP contribution is 2.32. The van der Waals surface area contributed by atoms with E-state index in [2.05, 4.69) is 24.1 Å². The number of amides is 3. The summed E-state index contributed by atoms with van der Waals surface area (Å²) >= 11 is 0. The Morgan fingerprint density at radius 3 is 2.21 bits per heavy atom. The second kappa shape index (κ2) is 11.8. The molecule has 0 radical (unpaired) electrons. The molecule has 2 aromatic carbocycles. The fourth-order valence-corrected chi connectivity index (χ4v) is 4.92. The van der Waals surface area contributed by atoms with Crippen LogP contribution in [-0.4, -0.2) is 79.0 Å². The van der Waals surface area contributed by atoms with E-state index in [1.54, 1.807) is 14.0 Å². The zero-order chi connectivity index (χ0) is 27.4. The van der Waals surface area contributed by atoms with Gasteiger partial charge in [0, 0.05) is 51.0 Å². The van der Waals surface area contributed by atoms with Crippen molar-refractivity contribution in [2.45, 2.75) is 39.7 Å². The molecule has 2 aliphatic rings. The molecule has 2 heterocycles. The van der Waals surface area contributed by atoms with Crippen molar-refractivity contribution in [3.05, 3.63) is 82.1 Å². The molecule has 0 saturated carbocycles. The minimum atomic E-state index is -0.599. The van der Waals surface area contributed by atoms with Gasteiger partial charge in [0.2, 0.25) is 0 Å². The fourth-order valence-electron chi connectivity index (χ4n) is 4.92. The van der Waals surface area contributed by atoms with Crippen LogP contribution in [0.3, 0.4) is 0 Å². The Morgan fingerprint density at radius 2 is 1.63 bits per heavy atom. The standard InChI is InChI=1S/C30H38N4O4/c1-6-38-29(36)26-25(32(5)30(37)31-27(26)23-13-11-22(12-14-23)20(2)3)19-33-15-17-34(18-16-33)28(35)24-9-7-21(4)8-10-24/h7-14,20,27H,6,15-19H2,1-5H3,(H,31,37)/t27-/m1/s1. The number of piperazine rings is 1. The number of likely N-dealkylation sites (N-methyl/N-ethyl adjacent to an activating group) is 1. The second-order valence-corrected chi connectivity index (χ2v) is 10.3. The van der Waals surface area contributed by atoms with Crippen molar-refractivity contribution in [1.82, 2.24) is 20.0 Å². The van der Waals surface area contributed by atoms with Gasteiger partial charge in [-0.25, -0.2) is 9.59 Å². The molecular weight excluding hydrogens is 480 g/mol. The number of nitrogens with zero attached hydrogens (tertiary/aromatic N) is 3. The average Bonchev–Trinajstić information content (AvgIpc) is 2.91. The number of hydrogen-bond acceptors (Lipinski definition) is 5. The molecule has 2 aliphatic heterocycles. The minimum Gasteiger partial charge on any atom is -0.463 e. The van der Waals surface area contributed by atoms with E-state index in [0.29, 0.717) is 55.5 Å². The van der Waals surface area contributed by atoms with E-state index < -0.39 is 12.0 Å². The van der Waals surface area contributed by atoms with Gasteiger partial charge in [0.15, 0.2) is 0 Å². The number of benzene rings is 2. The SMILES string of the molecule is CCOC(=O)C1=C(CN2CCN(C(=O)c3ccc(C)cc3)CC2)N(C)C(=O)N[C@@H]1c1ccc(C(C)C)cc1. The largest absolute Gasteiger partial charge is 0.463 e. The molecule has 8 heteroatoms. The van der Waals surface area contributed by atoms with Crippen molar-refractivity contribution >= 4 is 17.9 Å². The van der Waals surface area contributed by atoms with Crippen molar-refractivity contribution in [2.75, 3.05) is 46.4 Å². The normalized spacial score (nSPS) is 18.6. The molecule has 1 saturated heterocycles. The van der Waals surface area contributed by atoms with Crippen molar-refractivity contribution in [3.8, 4) is 0 Å². The Hall–Kier alpha value is -3.65. The molecule has 4 rings (SSSR count). The molecule has 0 spiro atoms. The zero-order valence-corrected chi connectivity index (χ0v) is 23.0. The monoisotopic (exact) mass is 518 g/mol. The molecule has 8 nitrogen and oxygen atoms in total. The smallest absolute Gasteiger partial charge is 0.338 e. The van der Waals surface area contributed by atoms with Crippen LogP contribution < -0.4 is 5.32 Å². The molecule has 1 N–H and O–H groups in total. The summed E-state index contributed by atoms with van der Waals surface area (Å²) in [5, 5.41) is 2.99. The first-order valence-electron chi connectivity index (χ1n) is 13.3. The Bertz CT molecular complexity index is 1200. The molecule has 2 aromatic rings. The molecule has 0 aromatic heterocycles. The number of carbonyl (C=O) groups excluding carboxylic acids is 3. The van der Waals surface area contributed by atoms with E-state index in [1.807, 2.05) is 60.4 Å². The molecule has 0 unspecified atom stereocenters. The first-order chi connectivity index (χ1) is 18.2. The third-order valence-corrected chi connectivity index (χ3v) is 7.34. The minimum absolute atomic E-state index is 0.0233. The third kappa shape index (κ3) is 5.91. The summed E-state index contributed by atoms with van der Waals surface area (Å²) in [5.41, 5.74) is 4.91. The van der Waals surface area contributed by atoms with Crippen molar-refractivity contribution in [3.63, 3.8) is 0 Å². The number of esters is 1. The predicted octanol–water partition coefficient (Wildman–Crippen LogP) is 4.09. The third-order valence-electron chi connectivity index (χ3n) is 7.34. The first-order valence-corrected chi connectivity index (χ1v) is 13.3. The van der Waals surface area contributed by atoms with Gasteiger partial charge in [-0.1, -0.05) is 55.8 Å². The molecule has 0 aliphatic carbocycles. The maximum atomic E-state index is 13.3. The van der Waals surface area contributed by atoms with Crippen LogP contribution in [0.25, 0.3) is 0 Å². The lowest BCUT2D eigenvalue weighted by atomic mass is 9.92. The van der Waals surface area contributed by atoms with Gasteiger partial charge in [-0.15, -0.1) is 0 Å². The summed E-state index contributed by atoms with van der Waals surface area (Å²) in [7, 11) is 1.68. The Balaban J connectivity index is 1.56. The Morgan fingerprint density at radius 1 is 1.00 bits per heavy atom. The highest BCUT2D eigenvalue weighted by Gasteiger charge is 2.37. The summed E-state index contributed by atoms with van der Waals surface area (Å²) in [4.78, 5) is 44.8. The maximum absolute atomic E-state index is 13.3. The van der Waals surface area contributed by atoms with Gasteiger partial charge in [0.25, 0.3) is 5.91 Å². The number of hydrogen-bond donors (Lipinski definition) is 1. The number of urea groups is 1. The number of carbonyl (C=O) groups is 3. The van der Waals surface area contributed by atoms with Crippen LogP contribution in [0.1, 0.15) is 59.8 Å². The molecule has 3 amide bonds. The zero-order valence-electron chi connectivity index (χ0n) is 23.0. The molecule has 202 valence electrons. The van der Waals surface area contributed by atoms with Crippen LogP contribution in [0, 0.1) is 6.92 Å². The van der Waals surface area contributed by atoms with E-state index in [9.17, 15) is 14.4 Å². The highest BCUT2D eigenvalue weighted by atomic mass is 16.5. The van der Waals surface area contributed by atoms with Crippen molar-refractivity contribution in [2.24, 2.45) is 0 Å². The van der Waals surface area contributed by atoms with Gasteiger partial charge >= 0.3 is 12.0 Å². The van der Waals surface area contributed by atoms with E-state index in [-0.39, 0.29) is 18.5 Å².